The largest absolute Gasteiger partial charge is 0.505 e. The van der Waals surface area contributed by atoms with Gasteiger partial charge in [0.1, 0.15) is 28.7 Å². The third kappa shape index (κ3) is 11.2. The molecule has 93 heavy (non-hydrogen) atoms. The first-order valence-corrected chi connectivity index (χ1v) is 27.4. The standard InChI is InChI=1S/C64H37N23O6/c1-66-48-33-74-86(63-69-21-11-22-70-63)58(48)83-80-52-43-17-7-4-14-36(43)26-46(55(52)89)61(92)77-40-28-39(76-60(91)45-25-35-13-3-6-16-42(35)51(54(45)88)79-82-57-38(31-65)32-73-85(57)50-19-9-10-20-68-50)29-41(30-40)78-62(93)47-27-37-15-5-8-18-44(37)53(56(47)90)81-84-59-49(67-2)34-75-87(59)64-71-23-12-24-72-64/h3-30,32-34,88-90H,(H,76,91)(H,77,92)(H,78,93)/b82-79+,83-80+,84-81+. The number of carbonyl (C=O) groups is 3. The van der Waals surface area contributed by atoms with Crippen LogP contribution in [0.25, 0.3) is 59.7 Å². The second kappa shape index (κ2) is 24.6. The van der Waals surface area contributed by atoms with Crippen LogP contribution in [0.4, 0.5) is 63.0 Å². The van der Waals surface area contributed by atoms with Gasteiger partial charge in [-0.2, -0.15) is 34.6 Å². The number of carbonyl (C=O) groups excluding carboxylic acids is 3. The van der Waals surface area contributed by atoms with Gasteiger partial charge in [0, 0.05) is 64.2 Å². The minimum absolute atomic E-state index is 0.0195. The summed E-state index contributed by atoms with van der Waals surface area (Å²) in [4.78, 5) is 72.4. The molecule has 0 saturated heterocycles. The van der Waals surface area contributed by atoms with Crippen molar-refractivity contribution in [3.63, 3.8) is 0 Å². The Morgan fingerprint density at radius 2 is 0.806 bits per heavy atom. The molecule has 0 spiro atoms. The minimum atomic E-state index is -0.921. The molecule has 0 saturated carbocycles. The number of nitrogens with zero attached hydrogens (tertiary/aromatic N) is 20. The molecule has 6 N–H and O–H groups in total. The number of pyridine rings is 1. The van der Waals surface area contributed by atoms with Crippen molar-refractivity contribution in [1.82, 2.24) is 54.3 Å². The van der Waals surface area contributed by atoms with E-state index in [2.05, 4.69) is 96.5 Å². The van der Waals surface area contributed by atoms with E-state index in [-0.39, 0.29) is 97.1 Å². The van der Waals surface area contributed by atoms with Gasteiger partial charge < -0.3 is 31.3 Å². The summed E-state index contributed by atoms with van der Waals surface area (Å²) >= 11 is 0. The maximum atomic E-state index is 14.8. The average Bonchev–Trinajstić information content (AvgIpc) is 1.64. The summed E-state index contributed by atoms with van der Waals surface area (Å²) in [5.74, 6) is -4.34. The number of phenolic OH excluding ortho intramolecular Hbond substituents is 3. The zero-order chi connectivity index (χ0) is 64.1. The number of phenols is 3. The fourth-order valence-corrected chi connectivity index (χ4v) is 9.78. The Morgan fingerprint density at radius 3 is 1.18 bits per heavy atom. The maximum Gasteiger partial charge on any atom is 0.259 e. The Balaban J connectivity index is 0.885. The first kappa shape index (κ1) is 57.4. The molecule has 0 radical (unpaired) electrons. The molecule has 0 bridgehead atoms. The lowest BCUT2D eigenvalue weighted by Crippen LogP contribution is -2.16. The van der Waals surface area contributed by atoms with Gasteiger partial charge in [0.2, 0.25) is 0 Å². The average molecular weight is 1220 g/mol. The van der Waals surface area contributed by atoms with Crippen LogP contribution >= 0.6 is 0 Å². The molecule has 0 aliphatic heterocycles. The predicted octanol–water partition coefficient (Wildman–Crippen LogP) is 13.8. The predicted molar refractivity (Wildman–Crippen MR) is 337 cm³/mol. The monoisotopic (exact) mass is 1220 g/mol. The molecule has 3 amide bonds. The van der Waals surface area contributed by atoms with Crippen molar-refractivity contribution in [3.8, 4) is 41.0 Å². The molecule has 7 aromatic carbocycles. The van der Waals surface area contributed by atoms with Gasteiger partial charge in [-0.1, -0.05) is 78.9 Å². The number of aromatic nitrogens is 11. The van der Waals surface area contributed by atoms with E-state index in [0.717, 1.165) is 0 Å². The number of azo groups is 3. The number of rotatable bonds is 15. The number of nitriles is 1. The van der Waals surface area contributed by atoms with Gasteiger partial charge in [0.15, 0.2) is 40.5 Å². The molecule has 29 heteroatoms. The molecular weight excluding hydrogens is 1190 g/mol. The van der Waals surface area contributed by atoms with Crippen molar-refractivity contribution >= 4 is 113 Å². The molecule has 0 atom stereocenters. The minimum Gasteiger partial charge on any atom is -0.505 e. The van der Waals surface area contributed by atoms with Crippen molar-refractivity contribution in [2.24, 2.45) is 30.7 Å². The third-order valence-corrected chi connectivity index (χ3v) is 14.1. The first-order chi connectivity index (χ1) is 45.5. The van der Waals surface area contributed by atoms with Crippen LogP contribution in [0.5, 0.6) is 17.2 Å². The Hall–Kier alpha value is -14.7. The molecule has 6 aromatic heterocycles. The van der Waals surface area contributed by atoms with Crippen molar-refractivity contribution in [1.29, 1.82) is 5.26 Å². The fourth-order valence-electron chi connectivity index (χ4n) is 9.78. The van der Waals surface area contributed by atoms with Crippen molar-refractivity contribution in [2.45, 2.75) is 0 Å². The van der Waals surface area contributed by atoms with Gasteiger partial charge in [-0.05, 0) is 76.8 Å². The van der Waals surface area contributed by atoms with Crippen LogP contribution in [0.3, 0.4) is 0 Å². The summed E-state index contributed by atoms with van der Waals surface area (Å²) in [6.07, 6.45) is 11.2. The van der Waals surface area contributed by atoms with Crippen LogP contribution in [0.15, 0.2) is 220 Å². The third-order valence-electron chi connectivity index (χ3n) is 14.1. The quantitative estimate of drug-likeness (QED) is 0.0410. The topological polar surface area (TPSA) is 373 Å². The lowest BCUT2D eigenvalue weighted by molar-refractivity contribution is 0.101. The van der Waals surface area contributed by atoms with Gasteiger partial charge in [0.25, 0.3) is 41.0 Å². The van der Waals surface area contributed by atoms with Gasteiger partial charge in [-0.15, -0.1) is 30.7 Å². The van der Waals surface area contributed by atoms with Crippen LogP contribution < -0.4 is 16.0 Å². The van der Waals surface area contributed by atoms with E-state index in [4.69, 9.17) is 13.1 Å². The number of anilines is 3. The molecule has 13 rings (SSSR count). The molecule has 0 unspecified atom stereocenters. The second-order valence-electron chi connectivity index (χ2n) is 19.7. The summed E-state index contributed by atoms with van der Waals surface area (Å²) in [6, 6.07) is 38.6. The highest BCUT2D eigenvalue weighted by Gasteiger charge is 2.26. The van der Waals surface area contributed by atoms with Crippen LogP contribution in [0.2, 0.25) is 0 Å². The Bertz CT molecular complexity index is 4870. The van der Waals surface area contributed by atoms with E-state index in [0.29, 0.717) is 38.1 Å². The van der Waals surface area contributed by atoms with E-state index in [1.54, 1.807) is 103 Å². The van der Waals surface area contributed by atoms with Gasteiger partial charge in [-0.25, -0.2) is 34.6 Å². The highest BCUT2D eigenvalue weighted by molar-refractivity contribution is 6.16. The van der Waals surface area contributed by atoms with Crippen molar-refractivity contribution in [2.75, 3.05) is 16.0 Å². The number of benzene rings is 7. The fraction of sp³-hybridized carbons (Fsp3) is 0. The molecule has 0 aliphatic carbocycles. The van der Waals surface area contributed by atoms with Gasteiger partial charge in [-0.3, -0.25) is 14.4 Å². The lowest BCUT2D eigenvalue weighted by atomic mass is 10.0. The van der Waals surface area contributed by atoms with Gasteiger partial charge in [0.05, 0.1) is 48.4 Å². The molecular formula is C64H37N23O6. The summed E-state index contributed by atoms with van der Waals surface area (Å²) < 4.78 is 3.67. The smallest absolute Gasteiger partial charge is 0.259 e. The van der Waals surface area contributed by atoms with Crippen LogP contribution in [-0.4, -0.2) is 87.3 Å². The molecule has 6 heterocycles. The summed E-state index contributed by atoms with van der Waals surface area (Å²) in [6.45, 7) is 15.6. The maximum absolute atomic E-state index is 14.8. The molecule has 0 fully saturated rings. The van der Waals surface area contributed by atoms with E-state index in [9.17, 15) is 35.0 Å². The van der Waals surface area contributed by atoms with Crippen LogP contribution in [0, 0.1) is 24.5 Å². The number of aromatic hydroxyl groups is 3. The Kier molecular flexibility index (Phi) is 15.2. The van der Waals surface area contributed by atoms with E-state index >= 15 is 0 Å². The number of hydrogen-bond acceptors (Lipinski definition) is 21. The van der Waals surface area contributed by atoms with E-state index < -0.39 is 35.0 Å². The highest BCUT2D eigenvalue weighted by atomic mass is 16.3. The molecule has 29 nitrogen and oxygen atoms in total. The number of nitrogens with one attached hydrogen (secondary N) is 3. The van der Waals surface area contributed by atoms with Crippen molar-refractivity contribution in [3.05, 3.63) is 234 Å². The second-order valence-corrected chi connectivity index (χ2v) is 19.7. The lowest BCUT2D eigenvalue weighted by Gasteiger charge is -2.16. The SMILES string of the molecule is [C-]#[N+]c1cnn(-c2ncccn2)c1/N=N/c1c(O)c(C(=O)Nc2cc(NC(=O)c3cc4ccccc4c(/N=N/c4c(C#N)cnn4-c4ccccn4)c3O)cc(NC(=O)c3cc4ccccc4c(/N=N/c4c([N+]#[C-])cnn4-c4ncccn4)c3O)c2)cc2ccccc12. The normalized spacial score (nSPS) is 11.3. The Morgan fingerprint density at radius 1 is 0.441 bits per heavy atom. The summed E-state index contributed by atoms with van der Waals surface area (Å²) in [7, 11) is 0. The molecule has 444 valence electrons. The zero-order valence-corrected chi connectivity index (χ0v) is 47.4. The highest BCUT2D eigenvalue weighted by Crippen LogP contribution is 2.45. The van der Waals surface area contributed by atoms with E-state index in [1.807, 2.05) is 6.07 Å². The van der Waals surface area contributed by atoms with E-state index in [1.165, 1.54) is 100 Å². The Labute approximate surface area is 522 Å². The molecule has 13 aromatic rings. The summed E-state index contributed by atoms with van der Waals surface area (Å²) in [5.41, 5.74) is -1.68. The number of amides is 3. The zero-order valence-electron chi connectivity index (χ0n) is 47.4. The number of hydrogen-bond donors (Lipinski definition) is 6. The first-order valence-electron chi connectivity index (χ1n) is 27.4. The molecule has 0 aliphatic rings. The van der Waals surface area contributed by atoms with Crippen LogP contribution in [0.1, 0.15) is 36.6 Å². The van der Waals surface area contributed by atoms with Crippen molar-refractivity contribution < 1.29 is 29.7 Å². The van der Waals surface area contributed by atoms with Gasteiger partial charge >= 0.3 is 0 Å². The number of fused-ring (bicyclic) bond motifs is 3. The summed E-state index contributed by atoms with van der Waals surface area (Å²) in [5, 5.41) is 95.6. The van der Waals surface area contributed by atoms with Crippen LogP contribution in [-0.2, 0) is 0 Å².